The molecule has 0 atom stereocenters. The Labute approximate surface area is 161 Å². The molecule has 136 valence electrons. The van der Waals surface area contributed by atoms with Gasteiger partial charge in [0.15, 0.2) is 11.5 Å². The molecule has 0 saturated carbocycles. The van der Waals surface area contributed by atoms with Gasteiger partial charge in [0.2, 0.25) is 5.95 Å². The van der Waals surface area contributed by atoms with Gasteiger partial charge in [-0.15, -0.1) is 0 Å². The Morgan fingerprint density at radius 2 is 1.85 bits per heavy atom. The Balaban J connectivity index is 2.07. The second-order valence-corrected chi connectivity index (χ2v) is 5.99. The quantitative estimate of drug-likeness (QED) is 0.694. The van der Waals surface area contributed by atoms with E-state index in [0.717, 1.165) is 5.56 Å². The molecule has 0 aliphatic rings. The molecule has 0 aliphatic carbocycles. The number of methoxy groups -OCH3 is 1. The zero-order valence-electron chi connectivity index (χ0n) is 14.4. The molecule has 0 bridgehead atoms. The lowest BCUT2D eigenvalue weighted by Gasteiger charge is -2.16. The normalized spacial score (nSPS) is 10.3. The van der Waals surface area contributed by atoms with Gasteiger partial charge in [0, 0.05) is 10.6 Å². The molecule has 0 amide bonds. The van der Waals surface area contributed by atoms with Crippen LogP contribution >= 0.6 is 11.6 Å². The van der Waals surface area contributed by atoms with Gasteiger partial charge >= 0.3 is 0 Å². The first kappa shape index (κ1) is 18.3. The van der Waals surface area contributed by atoms with Crippen molar-refractivity contribution in [2.45, 2.75) is 6.61 Å². The molecule has 3 rings (SSSR count). The van der Waals surface area contributed by atoms with Crippen LogP contribution in [0.2, 0.25) is 5.02 Å². The Kier molecular flexibility index (Phi) is 5.29. The summed E-state index contributed by atoms with van der Waals surface area (Å²) < 4.78 is 11.4. The average Bonchev–Trinajstić information content (AvgIpc) is 2.66. The maximum Gasteiger partial charge on any atom is 0.222 e. The van der Waals surface area contributed by atoms with E-state index in [1.165, 1.54) is 7.11 Å². The number of benzene rings is 2. The summed E-state index contributed by atoms with van der Waals surface area (Å²) in [6, 6.07) is 14.6. The number of para-hydroxylation sites is 1. The lowest BCUT2D eigenvalue weighted by molar-refractivity contribution is 0.286. The van der Waals surface area contributed by atoms with E-state index >= 15 is 0 Å². The molecule has 27 heavy (non-hydrogen) atoms. The van der Waals surface area contributed by atoms with Gasteiger partial charge in [-0.25, -0.2) is 4.98 Å². The van der Waals surface area contributed by atoms with Crippen LogP contribution in [-0.2, 0) is 6.61 Å². The Bertz CT molecular complexity index is 1020. The summed E-state index contributed by atoms with van der Waals surface area (Å²) in [5, 5.41) is 10.1. The summed E-state index contributed by atoms with van der Waals surface area (Å²) in [7, 11) is 1.53. The minimum absolute atomic E-state index is 0.00599. The summed E-state index contributed by atoms with van der Waals surface area (Å²) >= 11 is 5.92. The number of nitriles is 1. The molecular formula is C19H16ClN5O2. The number of anilines is 2. The Morgan fingerprint density at radius 1 is 1.11 bits per heavy atom. The summed E-state index contributed by atoms with van der Waals surface area (Å²) in [6.45, 7) is 0.266. The molecule has 1 heterocycles. The fourth-order valence-electron chi connectivity index (χ4n) is 2.55. The third kappa shape index (κ3) is 3.86. The minimum Gasteiger partial charge on any atom is -0.493 e. The second-order valence-electron chi connectivity index (χ2n) is 5.55. The zero-order valence-corrected chi connectivity index (χ0v) is 15.2. The second kappa shape index (κ2) is 7.81. The van der Waals surface area contributed by atoms with Crippen molar-refractivity contribution in [1.29, 1.82) is 5.26 Å². The van der Waals surface area contributed by atoms with Gasteiger partial charge in [-0.3, -0.25) is 0 Å². The van der Waals surface area contributed by atoms with E-state index in [2.05, 4.69) is 9.97 Å². The van der Waals surface area contributed by atoms with Crippen LogP contribution in [0.4, 0.5) is 11.8 Å². The van der Waals surface area contributed by atoms with Gasteiger partial charge in [-0.2, -0.15) is 10.2 Å². The minimum atomic E-state index is -0.0343. The maximum atomic E-state index is 9.47. The van der Waals surface area contributed by atoms with Gasteiger partial charge in [-0.05, 0) is 29.8 Å². The SMILES string of the molecule is COc1cccc(-c2nc(N)nc(N)c2C#N)c1OCc1ccc(Cl)cc1. The first-order valence-corrected chi connectivity index (χ1v) is 8.29. The van der Waals surface area contributed by atoms with Crippen molar-refractivity contribution in [2.24, 2.45) is 0 Å². The lowest BCUT2D eigenvalue weighted by Crippen LogP contribution is -2.06. The molecule has 0 fully saturated rings. The third-order valence-electron chi connectivity index (χ3n) is 3.82. The highest BCUT2D eigenvalue weighted by atomic mass is 35.5. The van der Waals surface area contributed by atoms with Crippen molar-refractivity contribution in [3.05, 3.63) is 58.6 Å². The van der Waals surface area contributed by atoms with E-state index in [1.807, 2.05) is 18.2 Å². The van der Waals surface area contributed by atoms with Crippen LogP contribution in [0, 0.1) is 11.3 Å². The van der Waals surface area contributed by atoms with E-state index in [9.17, 15) is 5.26 Å². The lowest BCUT2D eigenvalue weighted by atomic mass is 10.1. The van der Waals surface area contributed by atoms with Crippen LogP contribution in [-0.4, -0.2) is 17.1 Å². The summed E-state index contributed by atoms with van der Waals surface area (Å²) in [4.78, 5) is 8.03. The summed E-state index contributed by atoms with van der Waals surface area (Å²) in [6.07, 6.45) is 0. The number of nitrogens with two attached hydrogens (primary N) is 2. The monoisotopic (exact) mass is 381 g/mol. The highest BCUT2D eigenvalue weighted by Crippen LogP contribution is 2.40. The average molecular weight is 382 g/mol. The molecule has 2 aromatic carbocycles. The molecular weight excluding hydrogens is 366 g/mol. The smallest absolute Gasteiger partial charge is 0.222 e. The molecule has 0 saturated heterocycles. The Hall–Kier alpha value is -3.50. The van der Waals surface area contributed by atoms with E-state index in [0.29, 0.717) is 22.1 Å². The number of ether oxygens (including phenoxy) is 2. The van der Waals surface area contributed by atoms with Crippen molar-refractivity contribution in [3.8, 4) is 28.8 Å². The largest absolute Gasteiger partial charge is 0.493 e. The van der Waals surface area contributed by atoms with Crippen LogP contribution in [0.25, 0.3) is 11.3 Å². The van der Waals surface area contributed by atoms with E-state index in [-0.39, 0.29) is 29.6 Å². The molecule has 0 spiro atoms. The maximum absolute atomic E-state index is 9.47. The van der Waals surface area contributed by atoms with E-state index in [1.54, 1.807) is 30.3 Å². The van der Waals surface area contributed by atoms with Crippen LogP contribution < -0.4 is 20.9 Å². The molecule has 4 N–H and O–H groups in total. The molecule has 3 aromatic rings. The van der Waals surface area contributed by atoms with Crippen molar-refractivity contribution >= 4 is 23.4 Å². The fraction of sp³-hybridized carbons (Fsp3) is 0.105. The summed E-state index contributed by atoms with van der Waals surface area (Å²) in [5.41, 5.74) is 13.4. The molecule has 7 nitrogen and oxygen atoms in total. The number of hydrogen-bond acceptors (Lipinski definition) is 7. The number of rotatable bonds is 5. The van der Waals surface area contributed by atoms with E-state index < -0.39 is 0 Å². The third-order valence-corrected chi connectivity index (χ3v) is 4.07. The summed E-state index contributed by atoms with van der Waals surface area (Å²) in [5.74, 6) is 0.879. The van der Waals surface area contributed by atoms with Gasteiger partial charge in [0.1, 0.15) is 24.1 Å². The van der Waals surface area contributed by atoms with Crippen LogP contribution in [0.5, 0.6) is 11.5 Å². The number of halogens is 1. The van der Waals surface area contributed by atoms with Crippen LogP contribution in [0.15, 0.2) is 42.5 Å². The molecule has 8 heteroatoms. The Morgan fingerprint density at radius 3 is 2.52 bits per heavy atom. The number of nitrogens with zero attached hydrogens (tertiary/aromatic N) is 3. The zero-order chi connectivity index (χ0) is 19.4. The number of aromatic nitrogens is 2. The van der Waals surface area contributed by atoms with Gasteiger partial charge in [0.25, 0.3) is 0 Å². The van der Waals surface area contributed by atoms with Gasteiger partial charge in [0.05, 0.1) is 12.8 Å². The van der Waals surface area contributed by atoms with Gasteiger partial charge in [-0.1, -0.05) is 29.8 Å². The highest BCUT2D eigenvalue weighted by Gasteiger charge is 2.20. The predicted octanol–water partition coefficient (Wildman–Crippen LogP) is 3.42. The fourth-order valence-corrected chi connectivity index (χ4v) is 2.68. The predicted molar refractivity (Wildman–Crippen MR) is 103 cm³/mol. The van der Waals surface area contributed by atoms with Gasteiger partial charge < -0.3 is 20.9 Å². The first-order chi connectivity index (χ1) is 13.0. The van der Waals surface area contributed by atoms with Crippen molar-refractivity contribution in [2.75, 3.05) is 18.6 Å². The molecule has 0 radical (unpaired) electrons. The molecule has 0 unspecified atom stereocenters. The van der Waals surface area contributed by atoms with Crippen molar-refractivity contribution in [1.82, 2.24) is 9.97 Å². The van der Waals surface area contributed by atoms with Crippen LogP contribution in [0.1, 0.15) is 11.1 Å². The molecule has 1 aromatic heterocycles. The highest BCUT2D eigenvalue weighted by molar-refractivity contribution is 6.30. The first-order valence-electron chi connectivity index (χ1n) is 7.91. The number of nitrogen functional groups attached to an aromatic ring is 2. The van der Waals surface area contributed by atoms with Crippen LogP contribution in [0.3, 0.4) is 0 Å². The van der Waals surface area contributed by atoms with Crippen molar-refractivity contribution in [3.63, 3.8) is 0 Å². The standard InChI is InChI=1S/C19H16ClN5O2/c1-26-15-4-2-3-13(16-14(9-21)18(22)25-19(23)24-16)17(15)27-10-11-5-7-12(20)8-6-11/h2-8H,10H2,1H3,(H4,22,23,24,25). The topological polar surface area (TPSA) is 120 Å². The number of hydrogen-bond donors (Lipinski definition) is 2. The van der Waals surface area contributed by atoms with Crippen molar-refractivity contribution < 1.29 is 9.47 Å². The van der Waals surface area contributed by atoms with E-state index in [4.69, 9.17) is 32.5 Å². The molecule has 0 aliphatic heterocycles.